The normalized spacial score (nSPS) is 18.1. The van der Waals surface area contributed by atoms with Crippen molar-refractivity contribution >= 4 is 16.5 Å². The summed E-state index contributed by atoms with van der Waals surface area (Å²) in [5, 5.41) is 13.7. The van der Waals surface area contributed by atoms with Crippen molar-refractivity contribution in [1.29, 1.82) is 0 Å². The molecule has 19 heavy (non-hydrogen) atoms. The van der Waals surface area contributed by atoms with Crippen LogP contribution in [0.5, 0.6) is 0 Å². The molecule has 1 aliphatic heterocycles. The quantitative estimate of drug-likeness (QED) is 0.863. The zero-order valence-corrected chi connectivity index (χ0v) is 13.0. The van der Waals surface area contributed by atoms with Crippen molar-refractivity contribution in [2.24, 2.45) is 0 Å². The molecule has 1 saturated heterocycles. The summed E-state index contributed by atoms with van der Waals surface area (Å²) in [6.07, 6.45) is 2.53. The number of rotatable bonds is 6. The van der Waals surface area contributed by atoms with Crippen LogP contribution in [-0.2, 0) is 6.54 Å². The van der Waals surface area contributed by atoms with Gasteiger partial charge >= 0.3 is 0 Å². The van der Waals surface area contributed by atoms with Gasteiger partial charge in [0.05, 0.1) is 6.54 Å². The number of hydrogen-bond acceptors (Lipinski definition) is 6. The third kappa shape index (κ3) is 4.12. The molecule has 1 N–H and O–H groups in total. The Morgan fingerprint density at radius 1 is 1.32 bits per heavy atom. The van der Waals surface area contributed by atoms with E-state index in [1.54, 1.807) is 11.3 Å². The Labute approximate surface area is 120 Å². The van der Waals surface area contributed by atoms with Crippen molar-refractivity contribution < 1.29 is 0 Å². The average molecular weight is 283 g/mol. The Bertz CT molecular complexity index is 373. The lowest BCUT2D eigenvalue weighted by Gasteiger charge is -2.35. The summed E-state index contributed by atoms with van der Waals surface area (Å²) in [7, 11) is 2.21. The van der Waals surface area contributed by atoms with E-state index in [0.29, 0.717) is 6.04 Å². The SMILES string of the molecule is CCNc1nnc(CN(C)C2CCN(CC)CC2)s1. The number of aromatic nitrogens is 2. The molecule has 0 radical (unpaired) electrons. The molecule has 0 unspecified atom stereocenters. The molecule has 2 heterocycles. The predicted octanol–water partition coefficient (Wildman–Crippen LogP) is 1.89. The smallest absolute Gasteiger partial charge is 0.205 e. The standard InChI is InChI=1S/C13H25N5S/c1-4-14-13-16-15-12(19-13)10-17(3)11-6-8-18(5-2)9-7-11/h11H,4-10H2,1-3H3,(H,14,16). The molecule has 1 aromatic rings. The van der Waals surface area contributed by atoms with Crippen LogP contribution in [0.25, 0.3) is 0 Å². The maximum atomic E-state index is 4.25. The Morgan fingerprint density at radius 3 is 2.68 bits per heavy atom. The van der Waals surface area contributed by atoms with Crippen molar-refractivity contribution in [3.05, 3.63) is 5.01 Å². The molecular weight excluding hydrogens is 258 g/mol. The molecule has 0 aliphatic carbocycles. The first-order valence-corrected chi connectivity index (χ1v) is 8.03. The van der Waals surface area contributed by atoms with Gasteiger partial charge in [-0.3, -0.25) is 4.90 Å². The summed E-state index contributed by atoms with van der Waals surface area (Å²) >= 11 is 1.67. The van der Waals surface area contributed by atoms with E-state index < -0.39 is 0 Å². The van der Waals surface area contributed by atoms with Crippen molar-refractivity contribution in [1.82, 2.24) is 20.0 Å². The van der Waals surface area contributed by atoms with E-state index in [-0.39, 0.29) is 0 Å². The summed E-state index contributed by atoms with van der Waals surface area (Å²) < 4.78 is 0. The zero-order valence-electron chi connectivity index (χ0n) is 12.2. The lowest BCUT2D eigenvalue weighted by atomic mass is 10.0. The van der Waals surface area contributed by atoms with Gasteiger partial charge in [0.15, 0.2) is 0 Å². The van der Waals surface area contributed by atoms with Gasteiger partial charge in [-0.1, -0.05) is 18.3 Å². The first kappa shape index (κ1) is 14.7. The van der Waals surface area contributed by atoms with E-state index in [1.807, 2.05) is 0 Å². The number of hydrogen-bond donors (Lipinski definition) is 1. The highest BCUT2D eigenvalue weighted by atomic mass is 32.1. The zero-order chi connectivity index (χ0) is 13.7. The number of anilines is 1. The van der Waals surface area contributed by atoms with Crippen LogP contribution < -0.4 is 5.32 Å². The van der Waals surface area contributed by atoms with Crippen LogP contribution in [-0.4, -0.2) is 59.3 Å². The first-order chi connectivity index (χ1) is 9.22. The second kappa shape index (κ2) is 7.17. The Morgan fingerprint density at radius 2 is 2.05 bits per heavy atom. The van der Waals surface area contributed by atoms with Gasteiger partial charge in [0.2, 0.25) is 5.13 Å². The molecule has 1 aromatic heterocycles. The Hall–Kier alpha value is -0.720. The number of nitrogens with one attached hydrogen (secondary N) is 1. The number of likely N-dealkylation sites (tertiary alicyclic amines) is 1. The monoisotopic (exact) mass is 283 g/mol. The van der Waals surface area contributed by atoms with Crippen molar-refractivity contribution in [2.75, 3.05) is 38.5 Å². The van der Waals surface area contributed by atoms with Gasteiger partial charge < -0.3 is 10.2 Å². The minimum Gasteiger partial charge on any atom is -0.360 e. The van der Waals surface area contributed by atoms with Gasteiger partial charge in [-0.05, 0) is 46.4 Å². The number of nitrogens with zero attached hydrogens (tertiary/aromatic N) is 4. The van der Waals surface area contributed by atoms with Gasteiger partial charge in [0, 0.05) is 12.6 Å². The fourth-order valence-electron chi connectivity index (χ4n) is 2.56. The second-order valence-corrected chi connectivity index (χ2v) is 6.17. The van der Waals surface area contributed by atoms with Crippen LogP contribution in [0, 0.1) is 0 Å². The fourth-order valence-corrected chi connectivity index (χ4v) is 3.43. The minimum atomic E-state index is 0.689. The summed E-state index contributed by atoms with van der Waals surface area (Å²) in [5.74, 6) is 0. The lowest BCUT2D eigenvalue weighted by Crippen LogP contribution is -2.42. The highest BCUT2D eigenvalue weighted by Gasteiger charge is 2.22. The maximum Gasteiger partial charge on any atom is 0.205 e. The molecular formula is C13H25N5S. The lowest BCUT2D eigenvalue weighted by molar-refractivity contribution is 0.127. The van der Waals surface area contributed by atoms with Crippen LogP contribution in [0.4, 0.5) is 5.13 Å². The molecule has 0 amide bonds. The van der Waals surface area contributed by atoms with E-state index in [1.165, 1.54) is 32.5 Å². The van der Waals surface area contributed by atoms with Gasteiger partial charge in [-0.15, -0.1) is 10.2 Å². The first-order valence-electron chi connectivity index (χ1n) is 7.21. The van der Waals surface area contributed by atoms with E-state index in [2.05, 4.69) is 46.2 Å². The molecule has 6 heteroatoms. The third-order valence-corrected chi connectivity index (χ3v) is 4.67. The molecule has 5 nitrogen and oxygen atoms in total. The highest BCUT2D eigenvalue weighted by Crippen LogP contribution is 2.20. The van der Waals surface area contributed by atoms with Crippen molar-refractivity contribution in [3.8, 4) is 0 Å². The van der Waals surface area contributed by atoms with Gasteiger partial charge in [-0.2, -0.15) is 0 Å². The molecule has 0 atom stereocenters. The summed E-state index contributed by atoms with van der Waals surface area (Å²) in [4.78, 5) is 4.96. The molecule has 0 bridgehead atoms. The van der Waals surface area contributed by atoms with Crippen LogP contribution in [0.3, 0.4) is 0 Å². The van der Waals surface area contributed by atoms with Gasteiger partial charge in [-0.25, -0.2) is 0 Å². The summed E-state index contributed by atoms with van der Waals surface area (Å²) in [6.45, 7) is 9.77. The van der Waals surface area contributed by atoms with Crippen LogP contribution in [0.15, 0.2) is 0 Å². The van der Waals surface area contributed by atoms with E-state index in [0.717, 1.165) is 23.2 Å². The molecule has 108 valence electrons. The van der Waals surface area contributed by atoms with Crippen LogP contribution >= 0.6 is 11.3 Å². The van der Waals surface area contributed by atoms with Crippen LogP contribution in [0.2, 0.25) is 0 Å². The largest absolute Gasteiger partial charge is 0.360 e. The third-order valence-electron chi connectivity index (χ3n) is 3.81. The average Bonchev–Trinajstić information content (AvgIpc) is 2.86. The topological polar surface area (TPSA) is 44.3 Å². The molecule has 0 saturated carbocycles. The van der Waals surface area contributed by atoms with E-state index >= 15 is 0 Å². The molecule has 0 spiro atoms. The predicted molar refractivity (Wildman–Crippen MR) is 80.7 cm³/mol. The van der Waals surface area contributed by atoms with E-state index in [4.69, 9.17) is 0 Å². The Balaban J connectivity index is 1.81. The second-order valence-electron chi connectivity index (χ2n) is 5.11. The van der Waals surface area contributed by atoms with Crippen molar-refractivity contribution in [2.45, 2.75) is 39.3 Å². The fraction of sp³-hybridized carbons (Fsp3) is 0.846. The summed E-state index contributed by atoms with van der Waals surface area (Å²) in [6, 6.07) is 0.689. The number of piperidine rings is 1. The van der Waals surface area contributed by atoms with Crippen LogP contribution in [0.1, 0.15) is 31.7 Å². The molecule has 2 rings (SSSR count). The van der Waals surface area contributed by atoms with Gasteiger partial charge in [0.25, 0.3) is 0 Å². The molecule has 1 fully saturated rings. The molecule has 0 aromatic carbocycles. The minimum absolute atomic E-state index is 0.689. The highest BCUT2D eigenvalue weighted by molar-refractivity contribution is 7.15. The van der Waals surface area contributed by atoms with Gasteiger partial charge in [0.1, 0.15) is 5.01 Å². The Kier molecular flexibility index (Phi) is 5.54. The molecule has 1 aliphatic rings. The van der Waals surface area contributed by atoms with E-state index in [9.17, 15) is 0 Å². The maximum absolute atomic E-state index is 4.25. The van der Waals surface area contributed by atoms with Crippen molar-refractivity contribution in [3.63, 3.8) is 0 Å². The summed E-state index contributed by atoms with van der Waals surface area (Å²) in [5.41, 5.74) is 0.